The Kier molecular flexibility index (Phi) is 8.66. The van der Waals surface area contributed by atoms with Crippen LogP contribution < -0.4 is 4.74 Å². The molecular weight excluding hydrogens is 492 g/mol. The fourth-order valence-electron chi connectivity index (χ4n) is 4.61. The number of hydrogen-bond acceptors (Lipinski definition) is 6. The molecule has 0 radical (unpaired) electrons. The van der Waals surface area contributed by atoms with Crippen LogP contribution in [0.4, 0.5) is 0 Å². The number of rotatable bonds is 12. The second kappa shape index (κ2) is 11.9. The molecule has 0 saturated heterocycles. The third-order valence-corrected chi connectivity index (χ3v) is 8.60. The number of aromatic nitrogens is 1. The second-order valence-electron chi connectivity index (χ2n) is 9.31. The molecule has 1 aromatic heterocycles. The van der Waals surface area contributed by atoms with E-state index in [9.17, 15) is 18.3 Å². The van der Waals surface area contributed by atoms with E-state index in [0.29, 0.717) is 50.5 Å². The normalized spacial score (nSPS) is 13.9. The predicted molar refractivity (Wildman–Crippen MR) is 141 cm³/mol. The summed E-state index contributed by atoms with van der Waals surface area (Å²) in [5, 5.41) is 9.19. The molecule has 1 aliphatic rings. The van der Waals surface area contributed by atoms with E-state index >= 15 is 0 Å². The number of benzene rings is 2. The van der Waals surface area contributed by atoms with Crippen LogP contribution in [0, 0.1) is 6.92 Å². The Morgan fingerprint density at radius 2 is 1.92 bits per heavy atom. The fraction of sp³-hybridized carbons (Fsp3) is 0.429. The number of oxazole rings is 1. The van der Waals surface area contributed by atoms with Crippen LogP contribution in [0.25, 0.3) is 11.5 Å². The molecule has 1 N–H and O–H groups in total. The number of carbonyl (C=O) groups is 1. The van der Waals surface area contributed by atoms with E-state index in [1.807, 2.05) is 56.3 Å². The largest absolute Gasteiger partial charge is 0.493 e. The monoisotopic (exact) mass is 526 g/mol. The maximum absolute atomic E-state index is 12.9. The number of ether oxygens (including phenoxy) is 1. The SMILES string of the molecule is CCCCS(=O)(=O)N1CCc2c(OCCc3nc(-c4ccccc4)oc3C)ccc(CCC(=O)O)c2C1. The van der Waals surface area contributed by atoms with Crippen molar-refractivity contribution in [3.8, 4) is 17.2 Å². The number of unbranched alkanes of at least 4 members (excludes halogenated alkanes) is 1. The molecule has 2 aromatic carbocycles. The highest BCUT2D eigenvalue weighted by Crippen LogP contribution is 2.33. The first kappa shape index (κ1) is 26.9. The lowest BCUT2D eigenvalue weighted by Crippen LogP contribution is -2.38. The molecular formula is C28H34N2O6S. The summed E-state index contributed by atoms with van der Waals surface area (Å²) in [4.78, 5) is 15.8. The molecule has 0 bridgehead atoms. The quantitative estimate of drug-likeness (QED) is 0.362. The molecule has 0 amide bonds. The molecule has 0 aliphatic carbocycles. The van der Waals surface area contributed by atoms with Crippen molar-refractivity contribution in [1.82, 2.24) is 9.29 Å². The van der Waals surface area contributed by atoms with Crippen LogP contribution in [0.15, 0.2) is 46.9 Å². The van der Waals surface area contributed by atoms with Gasteiger partial charge in [0.25, 0.3) is 0 Å². The van der Waals surface area contributed by atoms with Crippen LogP contribution in [0.5, 0.6) is 5.75 Å². The van der Waals surface area contributed by atoms with Crippen LogP contribution in [0.2, 0.25) is 0 Å². The molecule has 198 valence electrons. The van der Waals surface area contributed by atoms with E-state index in [1.54, 1.807) is 0 Å². The number of hydrogen-bond donors (Lipinski definition) is 1. The number of aryl methyl sites for hydroxylation is 2. The van der Waals surface area contributed by atoms with Gasteiger partial charge in [-0.1, -0.05) is 37.6 Å². The average Bonchev–Trinajstić information content (AvgIpc) is 3.27. The molecule has 2 heterocycles. The van der Waals surface area contributed by atoms with Gasteiger partial charge in [0, 0.05) is 37.1 Å². The molecule has 8 nitrogen and oxygen atoms in total. The van der Waals surface area contributed by atoms with Crippen molar-refractivity contribution in [2.75, 3.05) is 18.9 Å². The summed E-state index contributed by atoms with van der Waals surface area (Å²) >= 11 is 0. The minimum atomic E-state index is -3.37. The number of aliphatic carboxylic acids is 1. The Morgan fingerprint density at radius 1 is 1.14 bits per heavy atom. The van der Waals surface area contributed by atoms with Crippen molar-refractivity contribution in [2.24, 2.45) is 0 Å². The topological polar surface area (TPSA) is 110 Å². The maximum atomic E-state index is 12.9. The number of fused-ring (bicyclic) bond motifs is 1. The highest BCUT2D eigenvalue weighted by molar-refractivity contribution is 7.89. The second-order valence-corrected chi connectivity index (χ2v) is 11.4. The average molecular weight is 527 g/mol. The zero-order chi connectivity index (χ0) is 26.4. The number of carboxylic acids is 1. The zero-order valence-electron chi connectivity index (χ0n) is 21.4. The van der Waals surface area contributed by atoms with E-state index in [1.165, 1.54) is 4.31 Å². The van der Waals surface area contributed by atoms with Gasteiger partial charge in [0.05, 0.1) is 18.1 Å². The standard InChI is InChI=1S/C28H34N2O6S/c1-3-4-18-37(33,34)30-16-14-23-24(19-30)21(11-13-27(31)32)10-12-26(23)35-17-15-25-20(2)36-28(29-25)22-8-6-5-7-9-22/h5-10,12H,3-4,11,13-19H2,1-2H3,(H,31,32). The Labute approximate surface area is 218 Å². The van der Waals surface area contributed by atoms with Crippen molar-refractivity contribution in [2.45, 2.75) is 58.9 Å². The Balaban J connectivity index is 1.50. The minimum Gasteiger partial charge on any atom is -0.493 e. The van der Waals surface area contributed by atoms with Gasteiger partial charge in [-0.15, -0.1) is 0 Å². The van der Waals surface area contributed by atoms with Gasteiger partial charge in [0.2, 0.25) is 15.9 Å². The minimum absolute atomic E-state index is 0.00951. The van der Waals surface area contributed by atoms with Crippen LogP contribution in [-0.2, 0) is 40.6 Å². The molecule has 0 spiro atoms. The van der Waals surface area contributed by atoms with Gasteiger partial charge in [-0.3, -0.25) is 4.79 Å². The molecule has 37 heavy (non-hydrogen) atoms. The highest BCUT2D eigenvalue weighted by atomic mass is 32.2. The Hall–Kier alpha value is -3.17. The van der Waals surface area contributed by atoms with E-state index < -0.39 is 16.0 Å². The van der Waals surface area contributed by atoms with E-state index in [4.69, 9.17) is 9.15 Å². The van der Waals surface area contributed by atoms with E-state index in [-0.39, 0.29) is 18.7 Å². The summed E-state index contributed by atoms with van der Waals surface area (Å²) in [6.45, 7) is 4.89. The van der Waals surface area contributed by atoms with Crippen molar-refractivity contribution >= 4 is 16.0 Å². The van der Waals surface area contributed by atoms with E-state index in [2.05, 4.69) is 4.98 Å². The first-order chi connectivity index (χ1) is 17.8. The summed E-state index contributed by atoms with van der Waals surface area (Å²) in [6, 6.07) is 13.5. The molecule has 1 aliphatic heterocycles. The van der Waals surface area contributed by atoms with Gasteiger partial charge in [-0.05, 0) is 55.5 Å². The van der Waals surface area contributed by atoms with Crippen molar-refractivity contribution in [3.63, 3.8) is 0 Å². The molecule has 9 heteroatoms. The van der Waals surface area contributed by atoms with Gasteiger partial charge in [0.1, 0.15) is 11.5 Å². The van der Waals surface area contributed by atoms with Gasteiger partial charge >= 0.3 is 5.97 Å². The summed E-state index contributed by atoms with van der Waals surface area (Å²) in [7, 11) is -3.37. The molecule has 0 fully saturated rings. The Bertz CT molecular complexity index is 1330. The van der Waals surface area contributed by atoms with Gasteiger partial charge in [-0.2, -0.15) is 4.31 Å². The first-order valence-electron chi connectivity index (χ1n) is 12.8. The first-order valence-corrected chi connectivity index (χ1v) is 14.4. The molecule has 0 unspecified atom stereocenters. The van der Waals surface area contributed by atoms with Crippen LogP contribution in [0.1, 0.15) is 54.3 Å². The summed E-state index contributed by atoms with van der Waals surface area (Å²) < 4.78 is 39.3. The lowest BCUT2D eigenvalue weighted by Gasteiger charge is -2.31. The Morgan fingerprint density at radius 3 is 2.65 bits per heavy atom. The van der Waals surface area contributed by atoms with E-state index in [0.717, 1.165) is 40.1 Å². The summed E-state index contributed by atoms with van der Waals surface area (Å²) in [5.74, 6) is 1.29. The van der Waals surface area contributed by atoms with Gasteiger partial charge in [0.15, 0.2) is 0 Å². The lowest BCUT2D eigenvalue weighted by atomic mass is 9.92. The molecule has 0 atom stereocenters. The van der Waals surface area contributed by atoms with Gasteiger partial charge < -0.3 is 14.3 Å². The zero-order valence-corrected chi connectivity index (χ0v) is 22.2. The molecule has 4 rings (SSSR count). The van der Waals surface area contributed by atoms with Crippen LogP contribution in [0.3, 0.4) is 0 Å². The number of carboxylic acid groups (broad SMARTS) is 1. The fourth-order valence-corrected chi connectivity index (χ4v) is 6.22. The smallest absolute Gasteiger partial charge is 0.303 e. The van der Waals surface area contributed by atoms with Crippen LogP contribution >= 0.6 is 0 Å². The molecule has 0 saturated carbocycles. The number of nitrogens with zero attached hydrogens (tertiary/aromatic N) is 2. The van der Waals surface area contributed by atoms with Crippen LogP contribution in [-0.4, -0.2) is 47.7 Å². The summed E-state index contributed by atoms with van der Waals surface area (Å²) in [5.41, 5.74) is 4.45. The third-order valence-electron chi connectivity index (χ3n) is 6.70. The number of sulfonamides is 1. The van der Waals surface area contributed by atoms with Gasteiger partial charge in [-0.25, -0.2) is 13.4 Å². The third kappa shape index (κ3) is 6.59. The molecule has 3 aromatic rings. The van der Waals surface area contributed by atoms with Crippen molar-refractivity contribution < 1.29 is 27.5 Å². The maximum Gasteiger partial charge on any atom is 0.303 e. The van der Waals surface area contributed by atoms with Crippen molar-refractivity contribution in [1.29, 1.82) is 0 Å². The highest BCUT2D eigenvalue weighted by Gasteiger charge is 2.29. The van der Waals surface area contributed by atoms with Crippen molar-refractivity contribution in [3.05, 3.63) is 70.6 Å². The predicted octanol–water partition coefficient (Wildman–Crippen LogP) is 4.78. The summed E-state index contributed by atoms with van der Waals surface area (Å²) in [6.07, 6.45) is 2.86. The lowest BCUT2D eigenvalue weighted by molar-refractivity contribution is -0.136.